The Kier molecular flexibility index (Phi) is 4.22. The molecule has 1 aliphatic heterocycles. The number of hydrogen-bond donors (Lipinski definition) is 2. The number of nitrogens with one attached hydrogen (secondary N) is 2. The van der Waals surface area contributed by atoms with Crippen molar-refractivity contribution in [2.24, 2.45) is 0 Å². The molecule has 2 aromatic rings. The van der Waals surface area contributed by atoms with Crippen LogP contribution in [0.25, 0.3) is 0 Å². The first-order chi connectivity index (χ1) is 11.4. The number of nitro benzene ring substituents is 1. The molecule has 2 amide bonds. The van der Waals surface area contributed by atoms with E-state index in [2.05, 4.69) is 10.6 Å². The van der Waals surface area contributed by atoms with Crippen molar-refractivity contribution in [3.05, 3.63) is 58.1 Å². The molecule has 2 aromatic carbocycles. The van der Waals surface area contributed by atoms with E-state index in [1.165, 1.54) is 36.0 Å². The molecule has 0 saturated carbocycles. The van der Waals surface area contributed by atoms with Crippen molar-refractivity contribution in [3.63, 3.8) is 0 Å². The number of anilines is 2. The van der Waals surface area contributed by atoms with Crippen LogP contribution in [0.4, 0.5) is 17.1 Å². The minimum absolute atomic E-state index is 0.0457. The van der Waals surface area contributed by atoms with Crippen LogP contribution in [0, 0.1) is 10.1 Å². The van der Waals surface area contributed by atoms with E-state index in [1.54, 1.807) is 18.2 Å². The van der Waals surface area contributed by atoms with Crippen LogP contribution >= 0.6 is 11.8 Å². The van der Waals surface area contributed by atoms with E-state index in [0.717, 1.165) is 4.90 Å². The highest BCUT2D eigenvalue weighted by Crippen LogP contribution is 2.36. The number of carbonyl (C=O) groups is 2. The topological polar surface area (TPSA) is 101 Å². The standard InChI is InChI=1S/C16H13N3O4S/c1-9-15(20)18-13-8-10(2-7-14(13)24-9)16(21)17-11-3-5-12(6-4-11)19(22)23/h2-9H,1H3,(H,17,21)(H,18,20). The van der Waals surface area contributed by atoms with Crippen LogP contribution < -0.4 is 10.6 Å². The highest BCUT2D eigenvalue weighted by Gasteiger charge is 2.23. The normalized spacial score (nSPS) is 16.0. The van der Waals surface area contributed by atoms with Gasteiger partial charge < -0.3 is 10.6 Å². The van der Waals surface area contributed by atoms with E-state index in [-0.39, 0.29) is 22.8 Å². The molecule has 2 N–H and O–H groups in total. The van der Waals surface area contributed by atoms with E-state index in [1.807, 2.05) is 6.92 Å². The lowest BCUT2D eigenvalue weighted by molar-refractivity contribution is -0.384. The summed E-state index contributed by atoms with van der Waals surface area (Å²) < 4.78 is 0. The second-order valence-electron chi connectivity index (χ2n) is 5.22. The Hall–Kier alpha value is -2.87. The van der Waals surface area contributed by atoms with Gasteiger partial charge in [0.2, 0.25) is 5.91 Å². The van der Waals surface area contributed by atoms with Crippen molar-refractivity contribution in [1.29, 1.82) is 0 Å². The van der Waals surface area contributed by atoms with Gasteiger partial charge in [-0.05, 0) is 37.3 Å². The minimum atomic E-state index is -0.504. The van der Waals surface area contributed by atoms with Gasteiger partial charge >= 0.3 is 0 Å². The fourth-order valence-corrected chi connectivity index (χ4v) is 3.15. The molecule has 0 aliphatic carbocycles. The van der Waals surface area contributed by atoms with Crippen LogP contribution in [-0.2, 0) is 4.79 Å². The van der Waals surface area contributed by atoms with Gasteiger partial charge in [-0.1, -0.05) is 0 Å². The molecule has 1 heterocycles. The van der Waals surface area contributed by atoms with Crippen molar-refractivity contribution in [2.45, 2.75) is 17.1 Å². The summed E-state index contributed by atoms with van der Waals surface area (Å²) in [4.78, 5) is 35.1. The van der Waals surface area contributed by atoms with Crippen molar-refractivity contribution in [2.75, 3.05) is 10.6 Å². The number of thioether (sulfide) groups is 1. The monoisotopic (exact) mass is 343 g/mol. The number of nitro groups is 1. The number of benzene rings is 2. The van der Waals surface area contributed by atoms with Crippen molar-refractivity contribution in [3.8, 4) is 0 Å². The number of amides is 2. The zero-order valence-electron chi connectivity index (χ0n) is 12.6. The maximum atomic E-state index is 12.3. The van der Waals surface area contributed by atoms with Crippen molar-refractivity contribution < 1.29 is 14.5 Å². The lowest BCUT2D eigenvalue weighted by Gasteiger charge is -2.21. The number of non-ortho nitro benzene ring substituents is 1. The van der Waals surface area contributed by atoms with E-state index >= 15 is 0 Å². The van der Waals surface area contributed by atoms with Crippen LogP contribution in [0.3, 0.4) is 0 Å². The van der Waals surface area contributed by atoms with E-state index in [0.29, 0.717) is 16.9 Å². The average Bonchev–Trinajstić information content (AvgIpc) is 2.56. The minimum Gasteiger partial charge on any atom is -0.324 e. The maximum Gasteiger partial charge on any atom is 0.269 e. The molecule has 1 aliphatic rings. The second-order valence-corrected chi connectivity index (χ2v) is 6.60. The Morgan fingerprint density at radius 2 is 1.96 bits per heavy atom. The second kappa shape index (κ2) is 6.32. The number of rotatable bonds is 3. The van der Waals surface area contributed by atoms with E-state index in [4.69, 9.17) is 0 Å². The van der Waals surface area contributed by atoms with Gasteiger partial charge in [0, 0.05) is 28.3 Å². The lowest BCUT2D eigenvalue weighted by atomic mass is 10.1. The van der Waals surface area contributed by atoms with Crippen LogP contribution in [0.5, 0.6) is 0 Å². The van der Waals surface area contributed by atoms with Crippen molar-refractivity contribution in [1.82, 2.24) is 0 Å². The van der Waals surface area contributed by atoms with Crippen LogP contribution in [0.1, 0.15) is 17.3 Å². The van der Waals surface area contributed by atoms with Gasteiger partial charge in [-0.25, -0.2) is 0 Å². The molecule has 0 aromatic heterocycles. The highest BCUT2D eigenvalue weighted by molar-refractivity contribution is 8.00. The maximum absolute atomic E-state index is 12.3. The molecule has 7 nitrogen and oxygen atoms in total. The van der Waals surface area contributed by atoms with Gasteiger partial charge in [0.15, 0.2) is 0 Å². The molecule has 0 saturated heterocycles. The smallest absolute Gasteiger partial charge is 0.269 e. The third-order valence-corrected chi connectivity index (χ3v) is 4.69. The first-order valence-corrected chi connectivity index (χ1v) is 7.99. The predicted molar refractivity (Wildman–Crippen MR) is 91.4 cm³/mol. The quantitative estimate of drug-likeness (QED) is 0.658. The zero-order chi connectivity index (χ0) is 17.3. The summed E-state index contributed by atoms with van der Waals surface area (Å²) in [6, 6.07) is 10.7. The Morgan fingerprint density at radius 3 is 2.62 bits per heavy atom. The summed E-state index contributed by atoms with van der Waals surface area (Å²) in [5.41, 5.74) is 1.41. The largest absolute Gasteiger partial charge is 0.324 e. The molecule has 1 unspecified atom stereocenters. The molecular weight excluding hydrogens is 330 g/mol. The van der Waals surface area contributed by atoms with Gasteiger partial charge in [-0.15, -0.1) is 11.8 Å². The fourth-order valence-electron chi connectivity index (χ4n) is 2.22. The number of fused-ring (bicyclic) bond motifs is 1. The summed E-state index contributed by atoms with van der Waals surface area (Å²) in [5.74, 6) is -0.454. The molecule has 24 heavy (non-hydrogen) atoms. The van der Waals surface area contributed by atoms with E-state index < -0.39 is 4.92 Å². The Labute approximate surface area is 141 Å². The number of nitrogens with zero attached hydrogens (tertiary/aromatic N) is 1. The van der Waals surface area contributed by atoms with Gasteiger partial charge in [0.25, 0.3) is 11.6 Å². The third-order valence-electron chi connectivity index (χ3n) is 3.51. The van der Waals surface area contributed by atoms with Crippen LogP contribution in [0.2, 0.25) is 0 Å². The van der Waals surface area contributed by atoms with Crippen molar-refractivity contribution >= 4 is 40.6 Å². The molecular formula is C16H13N3O4S. The summed E-state index contributed by atoms with van der Waals surface area (Å²) in [7, 11) is 0. The molecule has 0 bridgehead atoms. The molecule has 3 rings (SSSR count). The molecule has 122 valence electrons. The lowest BCUT2D eigenvalue weighted by Crippen LogP contribution is -2.26. The van der Waals surface area contributed by atoms with Gasteiger partial charge in [-0.3, -0.25) is 19.7 Å². The zero-order valence-corrected chi connectivity index (χ0v) is 13.4. The first kappa shape index (κ1) is 16.0. The average molecular weight is 343 g/mol. The Balaban J connectivity index is 1.77. The SMILES string of the molecule is CC1Sc2ccc(C(=O)Nc3ccc([N+](=O)[O-])cc3)cc2NC1=O. The summed E-state index contributed by atoms with van der Waals surface area (Å²) in [6.45, 7) is 1.82. The fraction of sp³-hybridized carbons (Fsp3) is 0.125. The first-order valence-electron chi connectivity index (χ1n) is 7.11. The summed E-state index contributed by atoms with van der Waals surface area (Å²) >= 11 is 1.44. The van der Waals surface area contributed by atoms with Crippen LogP contribution in [-0.4, -0.2) is 22.0 Å². The van der Waals surface area contributed by atoms with E-state index in [9.17, 15) is 19.7 Å². The molecule has 8 heteroatoms. The molecule has 0 spiro atoms. The van der Waals surface area contributed by atoms with Gasteiger partial charge in [0.05, 0.1) is 15.9 Å². The third kappa shape index (κ3) is 3.23. The highest BCUT2D eigenvalue weighted by atomic mass is 32.2. The summed E-state index contributed by atoms with van der Waals surface area (Å²) in [5, 5.41) is 15.9. The Bertz CT molecular complexity index is 836. The molecule has 0 fully saturated rings. The number of carbonyl (C=O) groups excluding carboxylic acids is 2. The molecule has 0 radical (unpaired) electrons. The Morgan fingerprint density at radius 1 is 1.25 bits per heavy atom. The van der Waals surface area contributed by atoms with Crippen LogP contribution in [0.15, 0.2) is 47.4 Å². The number of hydrogen-bond acceptors (Lipinski definition) is 5. The molecule has 1 atom stereocenters. The van der Waals surface area contributed by atoms with Gasteiger partial charge in [-0.2, -0.15) is 0 Å². The predicted octanol–water partition coefficient (Wildman–Crippen LogP) is 3.28. The van der Waals surface area contributed by atoms with Gasteiger partial charge in [0.1, 0.15) is 0 Å². The summed E-state index contributed by atoms with van der Waals surface area (Å²) in [6.07, 6.45) is 0.